The zero-order valence-corrected chi connectivity index (χ0v) is 11.8. The highest BCUT2D eigenvalue weighted by molar-refractivity contribution is 7.98. The van der Waals surface area contributed by atoms with Gasteiger partial charge in [-0.15, -0.1) is 11.8 Å². The molecule has 0 unspecified atom stereocenters. The molecule has 0 fully saturated rings. The van der Waals surface area contributed by atoms with Gasteiger partial charge in [0.2, 0.25) is 0 Å². The summed E-state index contributed by atoms with van der Waals surface area (Å²) in [7, 11) is 0. The van der Waals surface area contributed by atoms with Crippen LogP contribution < -0.4 is 5.73 Å². The second-order valence-corrected chi connectivity index (χ2v) is 5.65. The highest BCUT2D eigenvalue weighted by Crippen LogP contribution is 2.26. The van der Waals surface area contributed by atoms with Crippen molar-refractivity contribution in [2.45, 2.75) is 17.6 Å². The number of hydrogen-bond donors (Lipinski definition) is 1. The van der Waals surface area contributed by atoms with Crippen LogP contribution in [0.1, 0.15) is 11.3 Å². The Balaban J connectivity index is 1.81. The van der Waals surface area contributed by atoms with Gasteiger partial charge in [0.05, 0.1) is 5.69 Å². The Morgan fingerprint density at radius 2 is 2.20 bits per heavy atom. The average Bonchev–Trinajstić information content (AvgIpc) is 2.82. The summed E-state index contributed by atoms with van der Waals surface area (Å²) in [6.07, 6.45) is 3.94. The number of nitrogens with two attached hydrogens (primary N) is 1. The van der Waals surface area contributed by atoms with Gasteiger partial charge >= 0.3 is 0 Å². The Labute approximate surface area is 120 Å². The Hall–Kier alpha value is -2.01. The maximum Gasteiger partial charge on any atom is 0.139 e. The molecule has 2 N–H and O–H groups in total. The summed E-state index contributed by atoms with van der Waals surface area (Å²) in [5, 5.41) is 0. The van der Waals surface area contributed by atoms with Gasteiger partial charge in [-0.05, 0) is 36.8 Å². The lowest BCUT2D eigenvalue weighted by atomic mass is 10.3. The summed E-state index contributed by atoms with van der Waals surface area (Å²) in [6, 6.07) is 8.77. The summed E-state index contributed by atoms with van der Waals surface area (Å²) in [6.45, 7) is 2.03. The van der Waals surface area contributed by atoms with Gasteiger partial charge in [-0.1, -0.05) is 6.07 Å². The topological polar surface area (TPSA) is 43.3 Å². The van der Waals surface area contributed by atoms with Crippen LogP contribution in [0, 0.1) is 12.7 Å². The lowest BCUT2D eigenvalue weighted by Crippen LogP contribution is -1.88. The van der Waals surface area contributed by atoms with E-state index in [0.29, 0.717) is 16.3 Å². The summed E-state index contributed by atoms with van der Waals surface area (Å²) < 4.78 is 15.7. The Bertz CT molecular complexity index is 767. The highest BCUT2D eigenvalue weighted by Gasteiger charge is 2.07. The fraction of sp³-hybridized carbons (Fsp3) is 0.133. The molecule has 2 aromatic heterocycles. The lowest BCUT2D eigenvalue weighted by molar-refractivity contribution is 0.602. The molecule has 0 radical (unpaired) electrons. The van der Waals surface area contributed by atoms with Crippen molar-refractivity contribution in [2.75, 3.05) is 5.73 Å². The van der Waals surface area contributed by atoms with E-state index in [0.717, 1.165) is 16.9 Å². The first-order valence-corrected chi connectivity index (χ1v) is 7.23. The molecule has 0 amide bonds. The van der Waals surface area contributed by atoms with E-state index in [4.69, 9.17) is 5.73 Å². The number of imidazole rings is 1. The molecule has 0 aliphatic carbocycles. The molecule has 0 aliphatic rings. The number of aryl methyl sites for hydroxylation is 1. The van der Waals surface area contributed by atoms with Gasteiger partial charge in [0.1, 0.15) is 11.5 Å². The fourth-order valence-electron chi connectivity index (χ4n) is 2.06. The standard InChI is InChI=1S/C15H14FN3S/c1-10-3-2-6-19-8-12(18-15(10)19)9-20-14-5-4-11(17)7-13(14)16/h2-8H,9,17H2,1H3. The molecule has 20 heavy (non-hydrogen) atoms. The van der Waals surface area contributed by atoms with Gasteiger partial charge in [0.15, 0.2) is 0 Å². The van der Waals surface area contributed by atoms with Crippen LogP contribution in [-0.4, -0.2) is 9.38 Å². The van der Waals surface area contributed by atoms with E-state index in [1.165, 1.54) is 17.8 Å². The van der Waals surface area contributed by atoms with Crippen molar-refractivity contribution < 1.29 is 4.39 Å². The van der Waals surface area contributed by atoms with Gasteiger partial charge in [-0.25, -0.2) is 9.37 Å². The summed E-state index contributed by atoms with van der Waals surface area (Å²) in [4.78, 5) is 5.16. The number of nitrogen functional groups attached to an aromatic ring is 1. The van der Waals surface area contributed by atoms with Gasteiger partial charge in [-0.3, -0.25) is 0 Å². The Morgan fingerprint density at radius 1 is 1.35 bits per heavy atom. The van der Waals surface area contributed by atoms with Gasteiger partial charge in [0, 0.05) is 28.7 Å². The van der Waals surface area contributed by atoms with Crippen molar-refractivity contribution in [3.63, 3.8) is 0 Å². The first-order chi connectivity index (χ1) is 9.63. The Morgan fingerprint density at radius 3 is 2.95 bits per heavy atom. The smallest absolute Gasteiger partial charge is 0.139 e. The third-order valence-corrected chi connectivity index (χ3v) is 4.14. The molecule has 102 valence electrons. The second kappa shape index (κ2) is 5.17. The number of rotatable bonds is 3. The predicted molar refractivity (Wildman–Crippen MR) is 80.3 cm³/mol. The normalized spacial score (nSPS) is 11.1. The van der Waals surface area contributed by atoms with Crippen LogP contribution >= 0.6 is 11.8 Å². The highest BCUT2D eigenvalue weighted by atomic mass is 32.2. The maximum atomic E-state index is 13.7. The molecule has 0 saturated carbocycles. The molecule has 0 atom stereocenters. The molecule has 0 aliphatic heterocycles. The van der Waals surface area contributed by atoms with Crippen molar-refractivity contribution in [1.82, 2.24) is 9.38 Å². The minimum atomic E-state index is -0.282. The molecule has 3 nitrogen and oxygen atoms in total. The molecule has 0 bridgehead atoms. The van der Waals surface area contributed by atoms with E-state index in [2.05, 4.69) is 4.98 Å². The van der Waals surface area contributed by atoms with Crippen molar-refractivity contribution in [2.24, 2.45) is 0 Å². The van der Waals surface area contributed by atoms with E-state index in [1.54, 1.807) is 12.1 Å². The number of fused-ring (bicyclic) bond motifs is 1. The minimum Gasteiger partial charge on any atom is -0.399 e. The van der Waals surface area contributed by atoms with Crippen LogP contribution in [-0.2, 0) is 5.75 Å². The molecule has 2 heterocycles. The third-order valence-electron chi connectivity index (χ3n) is 3.06. The number of hydrogen-bond acceptors (Lipinski definition) is 3. The largest absolute Gasteiger partial charge is 0.399 e. The Kier molecular flexibility index (Phi) is 3.36. The molecule has 3 aromatic rings. The van der Waals surface area contributed by atoms with Crippen LogP contribution in [0.15, 0.2) is 47.6 Å². The van der Waals surface area contributed by atoms with Crippen molar-refractivity contribution in [3.8, 4) is 0 Å². The number of benzene rings is 1. The molecule has 5 heteroatoms. The number of thioether (sulfide) groups is 1. The average molecular weight is 287 g/mol. The summed E-state index contributed by atoms with van der Waals surface area (Å²) in [5.74, 6) is 0.344. The summed E-state index contributed by atoms with van der Waals surface area (Å²) in [5.41, 5.74) is 8.98. The SMILES string of the molecule is Cc1cccn2cc(CSc3ccc(N)cc3F)nc12. The quantitative estimate of drug-likeness (QED) is 0.590. The minimum absolute atomic E-state index is 0.282. The van der Waals surface area contributed by atoms with Crippen molar-refractivity contribution in [3.05, 3.63) is 59.8 Å². The molecule has 0 spiro atoms. The van der Waals surface area contributed by atoms with Crippen molar-refractivity contribution >= 4 is 23.1 Å². The number of nitrogens with zero attached hydrogens (tertiary/aromatic N) is 2. The maximum absolute atomic E-state index is 13.7. The van der Waals surface area contributed by atoms with E-state index >= 15 is 0 Å². The van der Waals surface area contributed by atoms with Crippen LogP contribution in [0.25, 0.3) is 5.65 Å². The van der Waals surface area contributed by atoms with Crippen molar-refractivity contribution in [1.29, 1.82) is 0 Å². The van der Waals surface area contributed by atoms with E-state index in [1.807, 2.05) is 35.9 Å². The zero-order chi connectivity index (χ0) is 14.1. The summed E-state index contributed by atoms with van der Waals surface area (Å²) >= 11 is 1.42. The molecular formula is C15H14FN3S. The number of aromatic nitrogens is 2. The van der Waals surface area contributed by atoms with Crippen LogP contribution in [0.4, 0.5) is 10.1 Å². The van der Waals surface area contributed by atoms with Crippen LogP contribution in [0.2, 0.25) is 0 Å². The number of pyridine rings is 1. The zero-order valence-electron chi connectivity index (χ0n) is 11.0. The monoisotopic (exact) mass is 287 g/mol. The molecule has 1 aromatic carbocycles. The predicted octanol–water partition coefficient (Wildman–Crippen LogP) is 3.66. The van der Waals surface area contributed by atoms with E-state index in [-0.39, 0.29) is 5.82 Å². The second-order valence-electron chi connectivity index (χ2n) is 4.63. The number of anilines is 1. The van der Waals surface area contributed by atoms with Crippen LogP contribution in [0.3, 0.4) is 0 Å². The van der Waals surface area contributed by atoms with E-state index in [9.17, 15) is 4.39 Å². The molecule has 3 rings (SSSR count). The van der Waals surface area contributed by atoms with Gasteiger partial charge in [0.25, 0.3) is 0 Å². The third kappa shape index (κ3) is 2.49. The van der Waals surface area contributed by atoms with Gasteiger partial charge in [-0.2, -0.15) is 0 Å². The fourth-order valence-corrected chi connectivity index (χ4v) is 2.86. The first-order valence-electron chi connectivity index (χ1n) is 6.24. The first kappa shape index (κ1) is 13.0. The van der Waals surface area contributed by atoms with E-state index < -0.39 is 0 Å². The van der Waals surface area contributed by atoms with Crippen LogP contribution in [0.5, 0.6) is 0 Å². The number of halogens is 1. The van der Waals surface area contributed by atoms with Gasteiger partial charge < -0.3 is 10.1 Å². The molecular weight excluding hydrogens is 273 g/mol. The lowest BCUT2D eigenvalue weighted by Gasteiger charge is -2.02. The molecule has 0 saturated heterocycles.